The molecule has 5 fully saturated rings. The molecule has 1 atom stereocenters. The molecule has 1 heterocycles. The van der Waals surface area contributed by atoms with E-state index in [1.54, 1.807) is 38.5 Å². The van der Waals surface area contributed by atoms with E-state index < -0.39 is 0 Å². The molecule has 21 heavy (non-hydrogen) atoms. The molecule has 0 aromatic heterocycles. The molecule has 2 heteroatoms. The van der Waals surface area contributed by atoms with E-state index in [0.717, 1.165) is 29.2 Å². The third-order valence-corrected chi connectivity index (χ3v) is 7.06. The van der Waals surface area contributed by atoms with Crippen molar-refractivity contribution in [2.75, 3.05) is 26.2 Å². The lowest BCUT2D eigenvalue weighted by molar-refractivity contribution is -0.0695. The normalized spacial score (nSPS) is 45.4. The molecule has 1 unspecified atom stereocenters. The van der Waals surface area contributed by atoms with Crippen LogP contribution in [0.25, 0.3) is 0 Å². The Bertz CT molecular complexity index is 323. The first-order valence-corrected chi connectivity index (χ1v) is 9.70. The summed E-state index contributed by atoms with van der Waals surface area (Å²) in [5.41, 5.74) is 0.722. The van der Waals surface area contributed by atoms with E-state index in [9.17, 15) is 0 Å². The summed E-state index contributed by atoms with van der Waals surface area (Å²) >= 11 is 0. The Morgan fingerprint density at radius 2 is 1.67 bits per heavy atom. The maximum Gasteiger partial charge on any atom is 0.0195 e. The quantitative estimate of drug-likeness (QED) is 0.831. The van der Waals surface area contributed by atoms with Crippen LogP contribution in [0.1, 0.15) is 64.7 Å². The van der Waals surface area contributed by atoms with Crippen molar-refractivity contribution in [1.29, 1.82) is 0 Å². The van der Waals surface area contributed by atoms with Gasteiger partial charge < -0.3 is 10.2 Å². The Labute approximate surface area is 131 Å². The maximum atomic E-state index is 3.75. The van der Waals surface area contributed by atoms with Gasteiger partial charge in [0.05, 0.1) is 0 Å². The molecule has 120 valence electrons. The average molecular weight is 290 g/mol. The van der Waals surface area contributed by atoms with Gasteiger partial charge in [-0.3, -0.25) is 0 Å². The largest absolute Gasteiger partial charge is 0.313 e. The van der Waals surface area contributed by atoms with Crippen LogP contribution in [0.3, 0.4) is 0 Å². The Morgan fingerprint density at radius 1 is 1.00 bits per heavy atom. The molecule has 1 aliphatic heterocycles. The van der Waals surface area contributed by atoms with E-state index in [0.29, 0.717) is 0 Å². The topological polar surface area (TPSA) is 15.3 Å². The Morgan fingerprint density at radius 3 is 2.19 bits per heavy atom. The molecule has 1 saturated heterocycles. The monoisotopic (exact) mass is 290 g/mol. The molecule has 0 radical (unpaired) electrons. The van der Waals surface area contributed by atoms with Crippen LogP contribution in [0.4, 0.5) is 0 Å². The molecular weight excluding hydrogens is 256 g/mol. The lowest BCUT2D eigenvalue weighted by atomic mass is 9.49. The second-order valence-electron chi connectivity index (χ2n) is 8.89. The van der Waals surface area contributed by atoms with Crippen LogP contribution < -0.4 is 5.32 Å². The SMILES string of the molecule is CCN(CC1CCCCN1)CC12CC3CC(CC(C3)C1)C2. The van der Waals surface area contributed by atoms with E-state index in [-0.39, 0.29) is 0 Å². The highest BCUT2D eigenvalue weighted by molar-refractivity contribution is 5.02. The van der Waals surface area contributed by atoms with E-state index in [4.69, 9.17) is 0 Å². The second kappa shape index (κ2) is 5.85. The number of rotatable bonds is 5. The highest BCUT2D eigenvalue weighted by Crippen LogP contribution is 2.60. The zero-order chi connectivity index (χ0) is 14.3. The molecule has 1 N–H and O–H groups in total. The van der Waals surface area contributed by atoms with Crippen molar-refractivity contribution in [3.8, 4) is 0 Å². The van der Waals surface area contributed by atoms with Crippen molar-refractivity contribution in [2.24, 2.45) is 23.2 Å². The second-order valence-corrected chi connectivity index (χ2v) is 8.89. The summed E-state index contributed by atoms with van der Waals surface area (Å²) < 4.78 is 0. The molecule has 5 rings (SSSR count). The van der Waals surface area contributed by atoms with E-state index >= 15 is 0 Å². The number of piperidine rings is 1. The van der Waals surface area contributed by atoms with E-state index in [2.05, 4.69) is 17.1 Å². The molecular formula is C19H34N2. The van der Waals surface area contributed by atoms with Crippen LogP contribution in [0.2, 0.25) is 0 Å². The highest BCUT2D eigenvalue weighted by atomic mass is 15.2. The van der Waals surface area contributed by atoms with Crippen LogP contribution in [0.15, 0.2) is 0 Å². The summed E-state index contributed by atoms with van der Waals surface area (Å²) in [5.74, 6) is 3.30. The smallest absolute Gasteiger partial charge is 0.0195 e. The number of likely N-dealkylation sites (N-methyl/N-ethyl adjacent to an activating group) is 1. The van der Waals surface area contributed by atoms with Gasteiger partial charge in [0.2, 0.25) is 0 Å². The third-order valence-electron chi connectivity index (χ3n) is 7.06. The fraction of sp³-hybridized carbons (Fsp3) is 1.00. The molecule has 0 aromatic carbocycles. The number of hydrogen-bond acceptors (Lipinski definition) is 2. The van der Waals surface area contributed by atoms with Gasteiger partial charge in [0, 0.05) is 19.1 Å². The molecule has 2 nitrogen and oxygen atoms in total. The van der Waals surface area contributed by atoms with Crippen LogP contribution >= 0.6 is 0 Å². The molecule has 4 bridgehead atoms. The first-order valence-electron chi connectivity index (χ1n) is 9.70. The van der Waals surface area contributed by atoms with Gasteiger partial charge in [-0.2, -0.15) is 0 Å². The Kier molecular flexibility index (Phi) is 4.04. The summed E-state index contributed by atoms with van der Waals surface area (Å²) in [6.45, 7) is 7.59. The molecule has 4 aliphatic carbocycles. The number of nitrogens with zero attached hydrogens (tertiary/aromatic N) is 1. The standard InChI is InChI=1S/C19H34N2/c1-2-21(13-18-5-3-4-6-20-18)14-19-10-15-7-16(11-19)9-17(8-15)12-19/h15-18,20H,2-14H2,1H3. The predicted octanol–water partition coefficient (Wildman–Crippen LogP) is 3.67. The maximum absolute atomic E-state index is 3.75. The first kappa shape index (κ1) is 14.5. The van der Waals surface area contributed by atoms with Crippen LogP contribution in [0.5, 0.6) is 0 Å². The van der Waals surface area contributed by atoms with Crippen LogP contribution in [-0.2, 0) is 0 Å². The van der Waals surface area contributed by atoms with Crippen molar-refractivity contribution < 1.29 is 0 Å². The van der Waals surface area contributed by atoms with Gasteiger partial charge >= 0.3 is 0 Å². The third kappa shape index (κ3) is 3.03. The molecule has 0 amide bonds. The number of nitrogens with one attached hydrogen (secondary N) is 1. The van der Waals surface area contributed by atoms with Gasteiger partial charge in [-0.05, 0) is 87.6 Å². The van der Waals surface area contributed by atoms with Crippen molar-refractivity contribution in [2.45, 2.75) is 70.8 Å². The Hall–Kier alpha value is -0.0800. The summed E-state index contributed by atoms with van der Waals surface area (Å²) in [7, 11) is 0. The van der Waals surface area contributed by atoms with Crippen molar-refractivity contribution in [1.82, 2.24) is 10.2 Å². The molecule has 0 aromatic rings. The summed E-state index contributed by atoms with van der Waals surface area (Å²) in [5, 5.41) is 3.75. The minimum Gasteiger partial charge on any atom is -0.313 e. The van der Waals surface area contributed by atoms with E-state index in [1.807, 2.05) is 0 Å². The summed E-state index contributed by atoms with van der Waals surface area (Å²) in [4.78, 5) is 2.80. The Balaban J connectivity index is 1.39. The lowest BCUT2D eigenvalue weighted by Crippen LogP contribution is -2.53. The zero-order valence-electron chi connectivity index (χ0n) is 13.9. The molecule has 4 saturated carbocycles. The fourth-order valence-corrected chi connectivity index (χ4v) is 6.65. The number of hydrogen-bond donors (Lipinski definition) is 1. The summed E-state index contributed by atoms with van der Waals surface area (Å²) in [6.07, 6.45) is 13.6. The molecule has 0 spiro atoms. The van der Waals surface area contributed by atoms with Crippen molar-refractivity contribution in [3.63, 3.8) is 0 Å². The van der Waals surface area contributed by atoms with Crippen molar-refractivity contribution in [3.05, 3.63) is 0 Å². The van der Waals surface area contributed by atoms with Gasteiger partial charge in [0.15, 0.2) is 0 Å². The summed E-state index contributed by atoms with van der Waals surface area (Å²) in [6, 6.07) is 0.771. The predicted molar refractivity (Wildman–Crippen MR) is 88.4 cm³/mol. The van der Waals surface area contributed by atoms with Crippen LogP contribution in [-0.4, -0.2) is 37.1 Å². The fourth-order valence-electron chi connectivity index (χ4n) is 6.65. The van der Waals surface area contributed by atoms with Gasteiger partial charge in [0.1, 0.15) is 0 Å². The van der Waals surface area contributed by atoms with Gasteiger partial charge in [-0.25, -0.2) is 0 Å². The highest BCUT2D eigenvalue weighted by Gasteiger charge is 2.51. The zero-order valence-corrected chi connectivity index (χ0v) is 13.9. The van der Waals surface area contributed by atoms with Crippen molar-refractivity contribution >= 4 is 0 Å². The average Bonchev–Trinajstić information content (AvgIpc) is 2.46. The van der Waals surface area contributed by atoms with Gasteiger partial charge in [-0.15, -0.1) is 0 Å². The minimum atomic E-state index is 0.722. The first-order chi connectivity index (χ1) is 10.2. The van der Waals surface area contributed by atoms with E-state index in [1.165, 1.54) is 45.4 Å². The van der Waals surface area contributed by atoms with Crippen LogP contribution in [0, 0.1) is 23.2 Å². The van der Waals surface area contributed by atoms with Gasteiger partial charge in [-0.1, -0.05) is 13.3 Å². The molecule has 5 aliphatic rings. The lowest BCUT2D eigenvalue weighted by Gasteiger charge is -2.58. The minimum absolute atomic E-state index is 0.722. The van der Waals surface area contributed by atoms with Gasteiger partial charge in [0.25, 0.3) is 0 Å².